The van der Waals surface area contributed by atoms with Crippen molar-refractivity contribution in [3.8, 4) is 0 Å². The van der Waals surface area contributed by atoms with E-state index < -0.39 is 15.9 Å². The van der Waals surface area contributed by atoms with Gasteiger partial charge in [0.05, 0.1) is 10.6 Å². The van der Waals surface area contributed by atoms with E-state index in [1.165, 1.54) is 12.1 Å². The van der Waals surface area contributed by atoms with Crippen molar-refractivity contribution in [2.75, 3.05) is 12.3 Å². The highest BCUT2D eigenvalue weighted by molar-refractivity contribution is 7.91. The van der Waals surface area contributed by atoms with Gasteiger partial charge in [-0.25, -0.2) is 17.6 Å². The fourth-order valence-corrected chi connectivity index (χ4v) is 4.80. The molecule has 0 aliphatic heterocycles. The van der Waals surface area contributed by atoms with Gasteiger partial charge < -0.3 is 15.2 Å². The lowest BCUT2D eigenvalue weighted by Gasteiger charge is -2.09. The van der Waals surface area contributed by atoms with Crippen molar-refractivity contribution in [3.05, 3.63) is 65.6 Å². The normalized spacial score (nSPS) is 11.5. The topological polar surface area (TPSA) is 80.2 Å². The molecular weight excluding hydrogens is 381 g/mol. The monoisotopic (exact) mass is 403 g/mol. The number of hydrogen-bond donors (Lipinski definition) is 2. The Morgan fingerprint density at radius 2 is 1.75 bits per heavy atom. The lowest BCUT2D eigenvalue weighted by atomic mass is 10.2. The molecule has 3 aromatic rings. The molecule has 1 heterocycles. The highest BCUT2D eigenvalue weighted by Gasteiger charge is 2.23. The van der Waals surface area contributed by atoms with Crippen LogP contribution in [-0.4, -0.2) is 31.3 Å². The molecule has 0 aliphatic carbocycles. The maximum Gasteiger partial charge on any atom is 0.315 e. The van der Waals surface area contributed by atoms with Crippen molar-refractivity contribution < 1.29 is 17.6 Å². The molecule has 6 nitrogen and oxygen atoms in total. The summed E-state index contributed by atoms with van der Waals surface area (Å²) < 4.78 is 40.4. The van der Waals surface area contributed by atoms with Gasteiger partial charge in [-0.15, -0.1) is 0 Å². The summed E-state index contributed by atoms with van der Waals surface area (Å²) in [6.07, 6.45) is 0. The molecule has 0 bridgehead atoms. The van der Waals surface area contributed by atoms with Crippen LogP contribution in [0.1, 0.15) is 11.3 Å². The Balaban J connectivity index is 1.60. The number of aryl methyl sites for hydroxylation is 1. The second kappa shape index (κ2) is 8.02. The number of nitrogens with one attached hydrogen (secondary N) is 2. The quantitative estimate of drug-likeness (QED) is 0.664. The Morgan fingerprint density at radius 3 is 2.46 bits per heavy atom. The van der Waals surface area contributed by atoms with Crippen LogP contribution >= 0.6 is 0 Å². The van der Waals surface area contributed by atoms with E-state index >= 15 is 0 Å². The van der Waals surface area contributed by atoms with Crippen molar-refractivity contribution >= 4 is 26.8 Å². The fraction of sp³-hybridized carbons (Fsp3) is 0.250. The predicted molar refractivity (Wildman–Crippen MR) is 106 cm³/mol. The second-order valence-corrected chi connectivity index (χ2v) is 8.59. The summed E-state index contributed by atoms with van der Waals surface area (Å²) in [6.45, 7) is 1.98. The molecule has 2 aromatic carbocycles. The number of para-hydroxylation sites is 1. The lowest BCUT2D eigenvalue weighted by Crippen LogP contribution is -2.37. The largest absolute Gasteiger partial charge is 0.347 e. The summed E-state index contributed by atoms with van der Waals surface area (Å²) in [7, 11) is -1.74. The van der Waals surface area contributed by atoms with E-state index in [1.54, 1.807) is 25.1 Å². The van der Waals surface area contributed by atoms with Gasteiger partial charge in [0, 0.05) is 36.7 Å². The van der Waals surface area contributed by atoms with E-state index in [0.29, 0.717) is 16.0 Å². The number of nitrogens with zero attached hydrogens (tertiary/aromatic N) is 1. The number of carbonyl (C=O) groups is 1. The van der Waals surface area contributed by atoms with Crippen LogP contribution in [0.2, 0.25) is 0 Å². The molecule has 148 valence electrons. The van der Waals surface area contributed by atoms with Crippen LogP contribution in [0, 0.1) is 12.7 Å². The van der Waals surface area contributed by atoms with Gasteiger partial charge in [0.15, 0.2) is 9.84 Å². The highest BCUT2D eigenvalue weighted by Crippen LogP contribution is 2.29. The third kappa shape index (κ3) is 4.17. The summed E-state index contributed by atoms with van der Waals surface area (Å²) in [5, 5.41) is 5.86. The van der Waals surface area contributed by atoms with Crippen molar-refractivity contribution in [1.29, 1.82) is 0 Å². The molecule has 0 atom stereocenters. The van der Waals surface area contributed by atoms with Gasteiger partial charge in [-0.05, 0) is 30.7 Å². The van der Waals surface area contributed by atoms with E-state index in [9.17, 15) is 17.6 Å². The number of sulfone groups is 1. The number of urea groups is 1. The van der Waals surface area contributed by atoms with E-state index in [0.717, 1.165) is 11.1 Å². The van der Waals surface area contributed by atoms with Gasteiger partial charge in [0.1, 0.15) is 5.82 Å². The Labute approximate surface area is 163 Å². The third-order valence-corrected chi connectivity index (χ3v) is 6.55. The molecule has 0 unspecified atom stereocenters. The van der Waals surface area contributed by atoms with Gasteiger partial charge >= 0.3 is 6.03 Å². The minimum Gasteiger partial charge on any atom is -0.347 e. The zero-order chi connectivity index (χ0) is 20.3. The lowest BCUT2D eigenvalue weighted by molar-refractivity contribution is 0.241. The van der Waals surface area contributed by atoms with Crippen molar-refractivity contribution in [2.45, 2.75) is 18.4 Å². The Hall–Kier alpha value is -2.87. The summed E-state index contributed by atoms with van der Waals surface area (Å²) in [5.74, 6) is -0.548. The van der Waals surface area contributed by atoms with E-state index in [-0.39, 0.29) is 24.7 Å². The molecule has 0 spiro atoms. The first-order valence-corrected chi connectivity index (χ1v) is 10.5. The first kappa shape index (κ1) is 19.9. The number of amides is 2. The molecule has 0 aliphatic rings. The predicted octanol–water partition coefficient (Wildman–Crippen LogP) is 2.90. The molecular formula is C20H22FN3O3S. The molecule has 1 aromatic heterocycles. The number of carbonyl (C=O) groups excluding carboxylic acids is 1. The molecule has 0 saturated heterocycles. The Kier molecular flexibility index (Phi) is 5.69. The summed E-state index contributed by atoms with van der Waals surface area (Å²) in [4.78, 5) is 12.2. The van der Waals surface area contributed by atoms with E-state index in [1.807, 2.05) is 29.8 Å². The molecule has 0 saturated carbocycles. The molecule has 0 radical (unpaired) electrons. The standard InChI is InChI=1S/C20H22FN3O3S/c1-14-19(17-5-3-4-6-18(17)24(14)2)28(26,27)12-11-22-20(25)23-13-15-7-9-16(21)10-8-15/h3-10H,11-13H2,1-2H3,(H2,22,23,25). The summed E-state index contributed by atoms with van der Waals surface area (Å²) >= 11 is 0. The molecule has 2 amide bonds. The highest BCUT2D eigenvalue weighted by atomic mass is 32.2. The van der Waals surface area contributed by atoms with E-state index in [2.05, 4.69) is 10.6 Å². The van der Waals surface area contributed by atoms with Gasteiger partial charge in [-0.2, -0.15) is 0 Å². The number of halogens is 1. The van der Waals surface area contributed by atoms with Crippen LogP contribution in [0.3, 0.4) is 0 Å². The SMILES string of the molecule is Cc1c(S(=O)(=O)CCNC(=O)NCc2ccc(F)cc2)c2ccccc2n1C. The van der Waals surface area contributed by atoms with Gasteiger partial charge in [-0.1, -0.05) is 30.3 Å². The zero-order valence-electron chi connectivity index (χ0n) is 15.7. The maximum absolute atomic E-state index is 12.9. The van der Waals surface area contributed by atoms with Crippen molar-refractivity contribution in [1.82, 2.24) is 15.2 Å². The van der Waals surface area contributed by atoms with Crippen LogP contribution in [0.4, 0.5) is 9.18 Å². The Morgan fingerprint density at radius 1 is 1.07 bits per heavy atom. The van der Waals surface area contributed by atoms with Crippen LogP contribution in [0.25, 0.3) is 10.9 Å². The molecule has 8 heteroatoms. The van der Waals surface area contributed by atoms with Gasteiger partial charge in [-0.3, -0.25) is 0 Å². The first-order valence-electron chi connectivity index (χ1n) is 8.82. The van der Waals surface area contributed by atoms with Gasteiger partial charge in [0.25, 0.3) is 0 Å². The smallest absolute Gasteiger partial charge is 0.315 e. The number of benzene rings is 2. The van der Waals surface area contributed by atoms with Crippen LogP contribution in [0.5, 0.6) is 0 Å². The summed E-state index contributed by atoms with van der Waals surface area (Å²) in [5.41, 5.74) is 2.26. The van der Waals surface area contributed by atoms with Gasteiger partial charge in [0.2, 0.25) is 0 Å². The number of hydrogen-bond acceptors (Lipinski definition) is 3. The van der Waals surface area contributed by atoms with Crippen molar-refractivity contribution in [2.24, 2.45) is 7.05 Å². The fourth-order valence-electron chi connectivity index (χ4n) is 3.13. The third-order valence-electron chi connectivity index (χ3n) is 4.68. The summed E-state index contributed by atoms with van der Waals surface area (Å²) in [6, 6.07) is 12.6. The average Bonchev–Trinajstić information content (AvgIpc) is 2.93. The number of fused-ring (bicyclic) bond motifs is 1. The number of rotatable bonds is 6. The minimum absolute atomic E-state index is 0.0136. The molecule has 3 rings (SSSR count). The second-order valence-electron chi connectivity index (χ2n) is 6.55. The Bertz CT molecular complexity index is 1110. The molecule has 0 fully saturated rings. The van der Waals surface area contributed by atoms with Crippen LogP contribution in [0.15, 0.2) is 53.4 Å². The average molecular weight is 403 g/mol. The first-order chi connectivity index (χ1) is 13.3. The van der Waals surface area contributed by atoms with Crippen LogP contribution < -0.4 is 10.6 Å². The molecule has 28 heavy (non-hydrogen) atoms. The zero-order valence-corrected chi connectivity index (χ0v) is 16.5. The van der Waals surface area contributed by atoms with Crippen molar-refractivity contribution in [3.63, 3.8) is 0 Å². The van der Waals surface area contributed by atoms with E-state index in [4.69, 9.17) is 0 Å². The number of aromatic nitrogens is 1. The minimum atomic E-state index is -3.57. The maximum atomic E-state index is 12.9. The van der Waals surface area contributed by atoms with Crippen LogP contribution in [-0.2, 0) is 23.4 Å². The molecule has 2 N–H and O–H groups in total.